The van der Waals surface area contributed by atoms with Gasteiger partial charge in [0, 0.05) is 11.7 Å². The van der Waals surface area contributed by atoms with E-state index in [2.05, 4.69) is 48.1 Å². The summed E-state index contributed by atoms with van der Waals surface area (Å²) in [6.45, 7) is 2.11. The molecule has 0 radical (unpaired) electrons. The van der Waals surface area contributed by atoms with Crippen LogP contribution in [-0.4, -0.2) is 0 Å². The number of para-hydroxylation sites is 1. The van der Waals surface area contributed by atoms with Gasteiger partial charge in [-0.2, -0.15) is 0 Å². The Morgan fingerprint density at radius 3 is 2.37 bits per heavy atom. The molecule has 3 heteroatoms. The number of anilines is 1. The summed E-state index contributed by atoms with van der Waals surface area (Å²) in [6.07, 6.45) is 1.01. The van der Waals surface area contributed by atoms with Crippen molar-refractivity contribution in [3.05, 3.63) is 65.2 Å². The van der Waals surface area contributed by atoms with E-state index in [0.717, 1.165) is 12.1 Å². The maximum atomic E-state index is 6.04. The highest BCUT2D eigenvalue weighted by Gasteiger charge is 2.26. The Balaban J connectivity index is 1.77. The van der Waals surface area contributed by atoms with Crippen LogP contribution in [0.4, 0.5) is 5.69 Å². The van der Waals surface area contributed by atoms with E-state index < -0.39 is 0 Å². The number of hydrogen-bond donors (Lipinski definition) is 3. The minimum absolute atomic E-state index is 0.271. The number of nitrogen functional groups attached to an aromatic ring is 1. The summed E-state index contributed by atoms with van der Waals surface area (Å²) in [5, 5.41) is 0. The van der Waals surface area contributed by atoms with Gasteiger partial charge in [-0.15, -0.1) is 0 Å². The van der Waals surface area contributed by atoms with Crippen molar-refractivity contribution in [3.63, 3.8) is 0 Å². The highest BCUT2D eigenvalue weighted by molar-refractivity contribution is 5.48. The van der Waals surface area contributed by atoms with Crippen molar-refractivity contribution < 1.29 is 0 Å². The molecule has 0 bridgehead atoms. The van der Waals surface area contributed by atoms with E-state index >= 15 is 0 Å². The normalized spacial score (nSPS) is 22.6. The summed E-state index contributed by atoms with van der Waals surface area (Å²) in [6, 6.07) is 17.3. The van der Waals surface area contributed by atoms with Crippen molar-refractivity contribution >= 4 is 5.69 Å². The molecule has 1 aliphatic rings. The zero-order chi connectivity index (χ0) is 13.2. The molecule has 2 atom stereocenters. The first-order chi connectivity index (χ1) is 9.24. The summed E-state index contributed by atoms with van der Waals surface area (Å²) < 4.78 is 0. The Morgan fingerprint density at radius 1 is 0.947 bits per heavy atom. The molecule has 1 fully saturated rings. The van der Waals surface area contributed by atoms with Gasteiger partial charge in [0.15, 0.2) is 0 Å². The number of hydrogen-bond acceptors (Lipinski definition) is 3. The van der Waals surface area contributed by atoms with Crippen LogP contribution in [0.1, 0.15) is 35.2 Å². The van der Waals surface area contributed by atoms with Gasteiger partial charge in [-0.25, -0.2) is 10.9 Å². The van der Waals surface area contributed by atoms with Gasteiger partial charge in [-0.3, -0.25) is 0 Å². The van der Waals surface area contributed by atoms with Crippen LogP contribution < -0.4 is 16.6 Å². The molecule has 1 saturated heterocycles. The fraction of sp³-hybridized carbons (Fsp3) is 0.250. The maximum absolute atomic E-state index is 6.04. The molecule has 4 N–H and O–H groups in total. The largest absolute Gasteiger partial charge is 0.398 e. The standard InChI is InChI=1S/C16H19N3/c1-11-6-8-12(9-7-11)15-10-16(19-18-15)13-4-2-3-5-14(13)17/h2-9,15-16,18-19H,10,17H2,1H3. The quantitative estimate of drug-likeness (QED) is 0.721. The second-order valence-corrected chi connectivity index (χ2v) is 5.17. The van der Waals surface area contributed by atoms with Gasteiger partial charge < -0.3 is 5.73 Å². The minimum Gasteiger partial charge on any atom is -0.398 e. The van der Waals surface area contributed by atoms with Crippen LogP contribution >= 0.6 is 0 Å². The van der Waals surface area contributed by atoms with Crippen molar-refractivity contribution in [2.75, 3.05) is 5.73 Å². The van der Waals surface area contributed by atoms with Crippen LogP contribution in [-0.2, 0) is 0 Å². The van der Waals surface area contributed by atoms with Crippen molar-refractivity contribution in [3.8, 4) is 0 Å². The number of rotatable bonds is 2. The molecule has 98 valence electrons. The Labute approximate surface area is 113 Å². The lowest BCUT2D eigenvalue weighted by atomic mass is 9.96. The Kier molecular flexibility index (Phi) is 3.23. The van der Waals surface area contributed by atoms with Gasteiger partial charge in [-0.1, -0.05) is 48.0 Å². The molecule has 0 amide bonds. The third-order valence-corrected chi connectivity index (χ3v) is 3.75. The van der Waals surface area contributed by atoms with Crippen LogP contribution in [0, 0.1) is 6.92 Å². The van der Waals surface area contributed by atoms with Crippen LogP contribution in [0.15, 0.2) is 48.5 Å². The lowest BCUT2D eigenvalue weighted by Gasteiger charge is -2.12. The lowest BCUT2D eigenvalue weighted by molar-refractivity contribution is 0.555. The monoisotopic (exact) mass is 253 g/mol. The van der Waals surface area contributed by atoms with E-state index in [9.17, 15) is 0 Å². The summed E-state index contributed by atoms with van der Waals surface area (Å²) >= 11 is 0. The summed E-state index contributed by atoms with van der Waals surface area (Å²) in [5.74, 6) is 0. The molecule has 0 aromatic heterocycles. The van der Waals surface area contributed by atoms with Gasteiger partial charge in [0.25, 0.3) is 0 Å². The van der Waals surface area contributed by atoms with E-state index in [4.69, 9.17) is 5.73 Å². The summed E-state index contributed by atoms with van der Waals surface area (Å²) in [7, 11) is 0. The molecule has 0 spiro atoms. The lowest BCUT2D eigenvalue weighted by Crippen LogP contribution is -2.27. The molecule has 1 heterocycles. The first-order valence-corrected chi connectivity index (χ1v) is 6.66. The number of aryl methyl sites for hydroxylation is 1. The molecular formula is C16H19N3. The van der Waals surface area contributed by atoms with Crippen LogP contribution in [0.2, 0.25) is 0 Å². The first kappa shape index (κ1) is 12.2. The molecule has 0 saturated carbocycles. The smallest absolute Gasteiger partial charge is 0.0501 e. The van der Waals surface area contributed by atoms with Crippen LogP contribution in [0.5, 0.6) is 0 Å². The van der Waals surface area contributed by atoms with Crippen LogP contribution in [0.25, 0.3) is 0 Å². The van der Waals surface area contributed by atoms with Gasteiger partial charge in [0.05, 0.1) is 6.04 Å². The molecule has 19 heavy (non-hydrogen) atoms. The minimum atomic E-state index is 0.271. The average Bonchev–Trinajstić information content (AvgIpc) is 2.89. The Morgan fingerprint density at radius 2 is 1.63 bits per heavy atom. The van der Waals surface area contributed by atoms with Crippen molar-refractivity contribution in [1.29, 1.82) is 0 Å². The second kappa shape index (κ2) is 5.03. The fourth-order valence-corrected chi connectivity index (χ4v) is 2.61. The molecule has 2 aromatic carbocycles. The summed E-state index contributed by atoms with van der Waals surface area (Å²) in [5.41, 5.74) is 17.4. The molecule has 2 unspecified atom stereocenters. The first-order valence-electron chi connectivity index (χ1n) is 6.66. The molecular weight excluding hydrogens is 234 g/mol. The van der Waals surface area contributed by atoms with Gasteiger partial charge in [0.1, 0.15) is 0 Å². The Bertz CT molecular complexity index is 562. The predicted molar refractivity (Wildman–Crippen MR) is 78.4 cm³/mol. The molecule has 1 aliphatic heterocycles. The molecule has 3 rings (SSSR count). The summed E-state index contributed by atoms with van der Waals surface area (Å²) in [4.78, 5) is 0. The van der Waals surface area contributed by atoms with Crippen molar-refractivity contribution in [2.24, 2.45) is 0 Å². The highest BCUT2D eigenvalue weighted by atomic mass is 15.4. The van der Waals surface area contributed by atoms with E-state index in [1.165, 1.54) is 16.7 Å². The maximum Gasteiger partial charge on any atom is 0.0501 e. The third-order valence-electron chi connectivity index (χ3n) is 3.75. The van der Waals surface area contributed by atoms with Gasteiger partial charge >= 0.3 is 0 Å². The predicted octanol–water partition coefficient (Wildman–Crippen LogP) is 2.86. The zero-order valence-electron chi connectivity index (χ0n) is 11.1. The zero-order valence-corrected chi connectivity index (χ0v) is 11.1. The SMILES string of the molecule is Cc1ccc(C2CC(c3ccccc3N)NN2)cc1. The molecule has 3 nitrogen and oxygen atoms in total. The molecule has 0 aliphatic carbocycles. The molecule has 2 aromatic rings. The average molecular weight is 253 g/mol. The van der Waals surface area contributed by atoms with Crippen molar-refractivity contribution in [2.45, 2.75) is 25.4 Å². The fourth-order valence-electron chi connectivity index (χ4n) is 2.61. The number of nitrogens with two attached hydrogens (primary N) is 1. The number of hydrazine groups is 1. The van der Waals surface area contributed by atoms with Gasteiger partial charge in [0.2, 0.25) is 0 Å². The van der Waals surface area contributed by atoms with E-state index in [-0.39, 0.29) is 6.04 Å². The Hall–Kier alpha value is -1.84. The highest BCUT2D eigenvalue weighted by Crippen LogP contribution is 2.33. The second-order valence-electron chi connectivity index (χ2n) is 5.17. The van der Waals surface area contributed by atoms with Crippen molar-refractivity contribution in [1.82, 2.24) is 10.9 Å². The van der Waals surface area contributed by atoms with E-state index in [0.29, 0.717) is 6.04 Å². The van der Waals surface area contributed by atoms with Crippen LogP contribution in [0.3, 0.4) is 0 Å². The van der Waals surface area contributed by atoms with Gasteiger partial charge in [-0.05, 0) is 30.5 Å². The number of benzene rings is 2. The van der Waals surface area contributed by atoms with E-state index in [1.54, 1.807) is 0 Å². The van der Waals surface area contributed by atoms with E-state index in [1.807, 2.05) is 18.2 Å². The third kappa shape index (κ3) is 2.48. The number of nitrogens with one attached hydrogen (secondary N) is 2. The topological polar surface area (TPSA) is 50.1 Å².